The first kappa shape index (κ1) is 73.4. The van der Waals surface area contributed by atoms with Crippen molar-refractivity contribution in [3.05, 3.63) is 0 Å². The monoisotopic (exact) mass is 1150 g/mol. The fourth-order valence-electron chi connectivity index (χ4n) is 8.96. The summed E-state index contributed by atoms with van der Waals surface area (Å²) in [4.78, 5) is 104. The number of unbranched alkanes of at least 4 members (excludes halogenated alkanes) is 8. The predicted octanol–water partition coefficient (Wildman–Crippen LogP) is 7.53. The van der Waals surface area contributed by atoms with Gasteiger partial charge in [-0.05, 0) is 108 Å². The van der Waals surface area contributed by atoms with Crippen molar-refractivity contribution in [2.75, 3.05) is 114 Å². The van der Waals surface area contributed by atoms with E-state index in [4.69, 9.17) is 44.8 Å². The van der Waals surface area contributed by atoms with E-state index in [2.05, 4.69) is 16.0 Å². The maximum atomic E-state index is 14.2. The molecule has 1 saturated carbocycles. The molecule has 0 aliphatic heterocycles. The Morgan fingerprint density at radius 3 is 1.29 bits per heavy atom. The highest BCUT2D eigenvalue weighted by Gasteiger charge is 2.32. The molecule has 4 N–H and O–H groups in total. The minimum atomic E-state index is -2.87. The van der Waals surface area contributed by atoms with Gasteiger partial charge < -0.3 is 53.8 Å². The van der Waals surface area contributed by atoms with Crippen LogP contribution in [-0.2, 0) is 78.3 Å². The average molecular weight is 1150 g/mol. The van der Waals surface area contributed by atoms with Gasteiger partial charge in [0.15, 0.2) is 6.49 Å². The minimum Gasteiger partial charge on any atom is -0.382 e. The summed E-state index contributed by atoms with van der Waals surface area (Å²) in [5.74, 6) is -0.254. The number of rotatable bonds is 55. The number of ether oxygens (including phenoxy) is 6. The van der Waals surface area contributed by atoms with Crippen molar-refractivity contribution in [1.82, 2.24) is 20.9 Å². The molecule has 2 unspecified atom stereocenters. The van der Waals surface area contributed by atoms with E-state index in [0.29, 0.717) is 233 Å². The molecular formula is C57H105N4O15PS. The van der Waals surface area contributed by atoms with Gasteiger partial charge in [0, 0.05) is 117 Å². The SMILES string of the molecule is COCCOCCCC(=O)CCCCCNC(=O)CN(CC(=O)NCCCCCC(=O)CCCOCCOC)C(CCCCCC(=O)C1CCC(OP(O)(=S)C(C)C)CC1)C(=O)NCCCCCC(=O)CCCOCCOC. The lowest BCUT2D eigenvalue weighted by Crippen LogP contribution is -2.53. The lowest BCUT2D eigenvalue weighted by atomic mass is 9.83. The molecule has 0 bridgehead atoms. The van der Waals surface area contributed by atoms with Gasteiger partial charge in [0.25, 0.3) is 0 Å². The van der Waals surface area contributed by atoms with Crippen molar-refractivity contribution in [3.8, 4) is 0 Å². The molecule has 1 aliphatic carbocycles. The van der Waals surface area contributed by atoms with Crippen molar-refractivity contribution in [3.63, 3.8) is 0 Å². The van der Waals surface area contributed by atoms with Gasteiger partial charge in [-0.3, -0.25) is 38.5 Å². The smallest absolute Gasteiger partial charge is 0.237 e. The molecule has 1 fully saturated rings. The lowest BCUT2D eigenvalue weighted by molar-refractivity contribution is -0.132. The topological polar surface area (TPSA) is 244 Å². The van der Waals surface area contributed by atoms with Crippen LogP contribution in [0.3, 0.4) is 0 Å². The Labute approximate surface area is 474 Å². The molecule has 0 radical (unpaired) electrons. The summed E-state index contributed by atoms with van der Waals surface area (Å²) in [6.45, 7) is 6.19. The Balaban J connectivity index is 2.97. The number of methoxy groups -OCH3 is 3. The van der Waals surface area contributed by atoms with Crippen LogP contribution in [0, 0.1) is 5.92 Å². The Morgan fingerprint density at radius 2 is 0.885 bits per heavy atom. The summed E-state index contributed by atoms with van der Waals surface area (Å²) in [7, 11) is 4.84. The fourth-order valence-corrected chi connectivity index (χ4v) is 10.2. The van der Waals surface area contributed by atoms with E-state index in [1.807, 2.05) is 13.8 Å². The van der Waals surface area contributed by atoms with Crippen LogP contribution in [0.1, 0.15) is 187 Å². The second kappa shape index (κ2) is 49.0. The first-order chi connectivity index (χ1) is 37.6. The van der Waals surface area contributed by atoms with E-state index in [9.17, 15) is 38.5 Å². The van der Waals surface area contributed by atoms with Crippen molar-refractivity contribution in [1.29, 1.82) is 0 Å². The molecule has 0 spiro atoms. The van der Waals surface area contributed by atoms with Crippen LogP contribution in [0.15, 0.2) is 0 Å². The Kier molecular flexibility index (Phi) is 46.1. The summed E-state index contributed by atoms with van der Waals surface area (Å²) in [6.07, 6.45) is 16.4. The van der Waals surface area contributed by atoms with E-state index in [0.717, 1.165) is 19.3 Å². The van der Waals surface area contributed by atoms with Gasteiger partial charge in [0.1, 0.15) is 23.1 Å². The fraction of sp³-hybridized carbons (Fsp3) is 0.877. The Morgan fingerprint density at radius 1 is 0.500 bits per heavy atom. The largest absolute Gasteiger partial charge is 0.382 e. The normalized spacial score (nSPS) is 15.7. The maximum Gasteiger partial charge on any atom is 0.237 e. The zero-order valence-electron chi connectivity index (χ0n) is 48.8. The van der Waals surface area contributed by atoms with E-state index in [1.54, 1.807) is 26.2 Å². The van der Waals surface area contributed by atoms with E-state index in [-0.39, 0.29) is 71.6 Å². The molecule has 3 amide bonds. The number of Topliss-reactive ketones (excluding diaryl/α,β-unsaturated/α-hetero) is 4. The molecular weight excluding hydrogens is 1040 g/mol. The van der Waals surface area contributed by atoms with E-state index in [1.165, 1.54) is 0 Å². The number of carbonyl (C=O) groups is 7. The summed E-state index contributed by atoms with van der Waals surface area (Å²) >= 11 is 5.34. The molecule has 0 aromatic heterocycles. The maximum absolute atomic E-state index is 14.2. The van der Waals surface area contributed by atoms with Crippen LogP contribution in [0.25, 0.3) is 0 Å². The first-order valence-corrected chi connectivity index (χ1v) is 32.2. The Bertz CT molecular complexity index is 1620. The van der Waals surface area contributed by atoms with Gasteiger partial charge in [-0.1, -0.05) is 46.0 Å². The number of carbonyl (C=O) groups excluding carboxylic acids is 7. The van der Waals surface area contributed by atoms with E-state index >= 15 is 0 Å². The lowest BCUT2D eigenvalue weighted by Gasteiger charge is -2.31. The summed E-state index contributed by atoms with van der Waals surface area (Å²) in [5, 5.41) is 9.00. The summed E-state index contributed by atoms with van der Waals surface area (Å²) in [6, 6.07) is -0.815. The quantitative estimate of drug-likeness (QED) is 0.0340. The third-order valence-electron chi connectivity index (χ3n) is 13.8. The zero-order chi connectivity index (χ0) is 57.5. The van der Waals surface area contributed by atoms with Crippen LogP contribution in [0.2, 0.25) is 0 Å². The highest BCUT2D eigenvalue weighted by Crippen LogP contribution is 2.50. The average Bonchev–Trinajstić information content (AvgIpc) is 3.40. The van der Waals surface area contributed by atoms with Gasteiger partial charge >= 0.3 is 0 Å². The third-order valence-corrected chi connectivity index (χ3v) is 17.2. The van der Waals surface area contributed by atoms with Crippen molar-refractivity contribution >= 4 is 59.2 Å². The van der Waals surface area contributed by atoms with Gasteiger partial charge in [-0.2, -0.15) is 0 Å². The van der Waals surface area contributed by atoms with Gasteiger partial charge in [-0.25, -0.2) is 0 Å². The Hall–Kier alpha value is -2.62. The highest BCUT2D eigenvalue weighted by molar-refractivity contribution is 8.09. The second-order valence-corrected chi connectivity index (χ2v) is 24.8. The molecule has 0 saturated heterocycles. The molecule has 1 rings (SSSR count). The van der Waals surface area contributed by atoms with Gasteiger partial charge in [0.05, 0.1) is 64.9 Å². The van der Waals surface area contributed by atoms with Crippen LogP contribution in [-0.4, -0.2) is 182 Å². The number of hydrogen-bond donors (Lipinski definition) is 4. The molecule has 78 heavy (non-hydrogen) atoms. The third kappa shape index (κ3) is 40.5. The second-order valence-electron chi connectivity index (χ2n) is 20.9. The zero-order valence-corrected chi connectivity index (χ0v) is 50.5. The number of nitrogens with one attached hydrogen (secondary N) is 3. The van der Waals surface area contributed by atoms with Crippen molar-refractivity contribution in [2.24, 2.45) is 5.92 Å². The molecule has 2 atom stereocenters. The standard InChI is InChI=1S/C57H105N4O15PS/c1-47(2)77(69,78)76-52-31-29-48(30-32-52)54(65)28-14-6-13-27-53(57(68)60-35-17-9-12-23-51(64)26-20-38-75-44-41-72-5)61(45-55(66)58-33-15-7-10-21-49(62)24-18-36-73-42-39-70-3)46-56(67)59-34-16-8-11-22-50(63)25-19-37-74-43-40-71-4/h47-48,52-53H,6-46H2,1-5H3,(H,58,66)(H,59,67)(H,60,68)(H,69,78). The molecule has 454 valence electrons. The number of ketones is 4. The highest BCUT2D eigenvalue weighted by atomic mass is 32.5. The minimum absolute atomic E-state index is 0.0654. The van der Waals surface area contributed by atoms with Crippen LogP contribution < -0.4 is 16.0 Å². The predicted molar refractivity (Wildman–Crippen MR) is 307 cm³/mol. The van der Waals surface area contributed by atoms with Crippen LogP contribution in [0.5, 0.6) is 0 Å². The van der Waals surface area contributed by atoms with Gasteiger partial charge in [0.2, 0.25) is 17.7 Å². The van der Waals surface area contributed by atoms with Gasteiger partial charge in [-0.15, -0.1) is 0 Å². The van der Waals surface area contributed by atoms with E-state index < -0.39 is 12.5 Å². The molecule has 0 aromatic rings. The number of nitrogens with zero attached hydrogens (tertiary/aromatic N) is 1. The molecule has 1 aliphatic rings. The van der Waals surface area contributed by atoms with Crippen LogP contribution in [0.4, 0.5) is 0 Å². The molecule has 21 heteroatoms. The summed E-state index contributed by atoms with van der Waals surface area (Å²) in [5.41, 5.74) is -0.127. The molecule has 0 aromatic carbocycles. The molecule has 19 nitrogen and oxygen atoms in total. The van der Waals surface area contributed by atoms with Crippen LogP contribution >= 0.6 is 6.49 Å². The summed E-state index contributed by atoms with van der Waals surface area (Å²) < 4.78 is 37.2. The molecule has 0 heterocycles. The number of amides is 3. The van der Waals surface area contributed by atoms with Crippen molar-refractivity contribution < 1.29 is 71.4 Å². The number of hydrogen-bond acceptors (Lipinski definition) is 16. The van der Waals surface area contributed by atoms with Crippen molar-refractivity contribution in [2.45, 2.75) is 205 Å². The first-order valence-electron chi connectivity index (χ1n) is 29.5.